The van der Waals surface area contributed by atoms with Gasteiger partial charge in [-0.1, -0.05) is 37.6 Å². The molecule has 1 aliphatic heterocycles. The standard InChI is InChI=1S/C18H26ClN3O/c1-11(12-6-5-7-13(19)10-12)21-17(20-4)22-15-14-8-9-23-16(14)18(15,2)3/h5-7,10-11,14-16H,8-9H2,1-4H3,(H2,20,21,22). The van der Waals surface area contributed by atoms with E-state index in [0.29, 0.717) is 18.1 Å². The van der Waals surface area contributed by atoms with E-state index in [-0.39, 0.29) is 11.5 Å². The molecule has 2 N–H and O–H groups in total. The van der Waals surface area contributed by atoms with Gasteiger partial charge in [0.15, 0.2) is 5.96 Å². The molecule has 3 rings (SSSR count). The first-order valence-electron chi connectivity index (χ1n) is 8.30. The zero-order valence-electron chi connectivity index (χ0n) is 14.3. The normalized spacial score (nSPS) is 30.3. The van der Waals surface area contributed by atoms with Crippen molar-refractivity contribution >= 4 is 17.6 Å². The molecule has 126 valence electrons. The molecule has 0 spiro atoms. The molecular weight excluding hydrogens is 310 g/mol. The predicted octanol–water partition coefficient (Wildman–Crippen LogP) is 3.38. The minimum absolute atomic E-state index is 0.137. The average molecular weight is 336 g/mol. The molecule has 2 fully saturated rings. The first-order chi connectivity index (χ1) is 10.9. The number of ether oxygens (including phenoxy) is 1. The molecule has 1 aromatic carbocycles. The van der Waals surface area contributed by atoms with Crippen LogP contribution in [-0.4, -0.2) is 31.8 Å². The highest BCUT2D eigenvalue weighted by molar-refractivity contribution is 6.30. The van der Waals surface area contributed by atoms with Crippen LogP contribution in [0, 0.1) is 11.3 Å². The Morgan fingerprint density at radius 2 is 2.22 bits per heavy atom. The lowest BCUT2D eigenvalue weighted by atomic mass is 9.57. The van der Waals surface area contributed by atoms with E-state index in [9.17, 15) is 0 Å². The Morgan fingerprint density at radius 3 is 2.91 bits per heavy atom. The number of nitrogens with zero attached hydrogens (tertiary/aromatic N) is 1. The Balaban J connectivity index is 1.65. The highest BCUT2D eigenvalue weighted by atomic mass is 35.5. The van der Waals surface area contributed by atoms with E-state index in [1.807, 2.05) is 25.2 Å². The number of rotatable bonds is 3. The van der Waals surface area contributed by atoms with Gasteiger partial charge in [-0.05, 0) is 31.0 Å². The molecule has 0 aromatic heterocycles. The van der Waals surface area contributed by atoms with Crippen molar-refractivity contribution in [3.63, 3.8) is 0 Å². The number of hydrogen-bond donors (Lipinski definition) is 2. The second-order valence-corrected chi connectivity index (χ2v) is 7.62. The summed E-state index contributed by atoms with van der Waals surface area (Å²) < 4.78 is 5.86. The number of guanidine groups is 1. The molecule has 4 atom stereocenters. The minimum atomic E-state index is 0.137. The third kappa shape index (κ3) is 3.07. The Bertz CT molecular complexity index is 602. The number of fused-ring (bicyclic) bond motifs is 1. The third-order valence-corrected chi connectivity index (χ3v) is 5.55. The van der Waals surface area contributed by atoms with Crippen LogP contribution in [0.15, 0.2) is 29.3 Å². The number of halogens is 1. The van der Waals surface area contributed by atoms with Crippen LogP contribution in [0.2, 0.25) is 5.02 Å². The van der Waals surface area contributed by atoms with Gasteiger partial charge in [0.25, 0.3) is 0 Å². The van der Waals surface area contributed by atoms with Crippen molar-refractivity contribution in [2.45, 2.75) is 45.4 Å². The summed E-state index contributed by atoms with van der Waals surface area (Å²) in [5.41, 5.74) is 1.29. The van der Waals surface area contributed by atoms with E-state index in [0.717, 1.165) is 29.6 Å². The van der Waals surface area contributed by atoms with Crippen LogP contribution in [-0.2, 0) is 4.74 Å². The molecule has 4 nitrogen and oxygen atoms in total. The first kappa shape index (κ1) is 16.6. The second-order valence-electron chi connectivity index (χ2n) is 7.18. The summed E-state index contributed by atoms with van der Waals surface area (Å²) in [4.78, 5) is 4.40. The van der Waals surface area contributed by atoms with Gasteiger partial charge in [0, 0.05) is 36.1 Å². The van der Waals surface area contributed by atoms with Gasteiger partial charge in [-0.3, -0.25) is 4.99 Å². The molecule has 0 bridgehead atoms. The zero-order chi connectivity index (χ0) is 16.6. The van der Waals surface area contributed by atoms with Crippen LogP contribution in [0.4, 0.5) is 0 Å². The van der Waals surface area contributed by atoms with Crippen molar-refractivity contribution < 1.29 is 4.74 Å². The largest absolute Gasteiger partial charge is 0.377 e. The molecule has 1 saturated heterocycles. The van der Waals surface area contributed by atoms with E-state index < -0.39 is 0 Å². The molecule has 2 aliphatic rings. The van der Waals surface area contributed by atoms with Gasteiger partial charge >= 0.3 is 0 Å². The number of aliphatic imine (C=N–C) groups is 1. The summed E-state index contributed by atoms with van der Waals surface area (Å²) >= 11 is 6.09. The van der Waals surface area contributed by atoms with Crippen molar-refractivity contribution in [2.24, 2.45) is 16.3 Å². The highest BCUT2D eigenvalue weighted by Crippen LogP contribution is 2.52. The molecule has 5 heteroatoms. The molecule has 1 aliphatic carbocycles. The zero-order valence-corrected chi connectivity index (χ0v) is 15.0. The van der Waals surface area contributed by atoms with Crippen molar-refractivity contribution in [3.8, 4) is 0 Å². The van der Waals surface area contributed by atoms with Gasteiger partial charge < -0.3 is 15.4 Å². The predicted molar refractivity (Wildman–Crippen MR) is 94.9 cm³/mol. The molecule has 0 amide bonds. The van der Waals surface area contributed by atoms with E-state index >= 15 is 0 Å². The number of hydrogen-bond acceptors (Lipinski definition) is 2. The van der Waals surface area contributed by atoms with Crippen molar-refractivity contribution in [3.05, 3.63) is 34.9 Å². The lowest BCUT2D eigenvalue weighted by molar-refractivity contribution is -0.106. The molecule has 0 radical (unpaired) electrons. The molecule has 23 heavy (non-hydrogen) atoms. The molecule has 4 unspecified atom stereocenters. The van der Waals surface area contributed by atoms with Crippen molar-refractivity contribution in [1.82, 2.24) is 10.6 Å². The van der Waals surface area contributed by atoms with Crippen molar-refractivity contribution in [2.75, 3.05) is 13.7 Å². The van der Waals surface area contributed by atoms with E-state index in [1.165, 1.54) is 0 Å². The quantitative estimate of drug-likeness (QED) is 0.657. The van der Waals surface area contributed by atoms with Crippen LogP contribution in [0.3, 0.4) is 0 Å². The fourth-order valence-electron chi connectivity index (χ4n) is 4.00. The molecule has 1 saturated carbocycles. The molecular formula is C18H26ClN3O. The Morgan fingerprint density at radius 1 is 1.43 bits per heavy atom. The summed E-state index contributed by atoms with van der Waals surface area (Å²) in [5.74, 6) is 1.42. The average Bonchev–Trinajstić information content (AvgIpc) is 2.98. The van der Waals surface area contributed by atoms with Crippen molar-refractivity contribution in [1.29, 1.82) is 0 Å². The van der Waals surface area contributed by atoms with Gasteiger partial charge in [0.1, 0.15) is 0 Å². The van der Waals surface area contributed by atoms with Crippen LogP contribution in [0.5, 0.6) is 0 Å². The van der Waals surface area contributed by atoms with E-state index in [4.69, 9.17) is 16.3 Å². The summed E-state index contributed by atoms with van der Waals surface area (Å²) in [6.45, 7) is 7.53. The Labute approximate surface area is 143 Å². The van der Waals surface area contributed by atoms with E-state index in [1.54, 1.807) is 0 Å². The third-order valence-electron chi connectivity index (χ3n) is 5.32. The maximum atomic E-state index is 6.09. The topological polar surface area (TPSA) is 45.7 Å². The monoisotopic (exact) mass is 335 g/mol. The summed E-state index contributed by atoms with van der Waals surface area (Å²) in [7, 11) is 1.81. The van der Waals surface area contributed by atoms with Crippen LogP contribution in [0.25, 0.3) is 0 Å². The summed E-state index contributed by atoms with van der Waals surface area (Å²) in [5, 5.41) is 7.83. The van der Waals surface area contributed by atoms with Gasteiger partial charge in [-0.2, -0.15) is 0 Å². The highest BCUT2D eigenvalue weighted by Gasteiger charge is 2.59. The first-order valence-corrected chi connectivity index (χ1v) is 8.68. The minimum Gasteiger partial charge on any atom is -0.377 e. The van der Waals surface area contributed by atoms with Gasteiger partial charge in [-0.15, -0.1) is 0 Å². The Kier molecular flexibility index (Phi) is 4.56. The van der Waals surface area contributed by atoms with Gasteiger partial charge in [0.2, 0.25) is 0 Å². The maximum Gasteiger partial charge on any atom is 0.191 e. The maximum absolute atomic E-state index is 6.09. The molecule has 1 aromatic rings. The second kappa shape index (κ2) is 6.33. The number of nitrogens with one attached hydrogen (secondary N) is 2. The Hall–Kier alpha value is -1.26. The summed E-state index contributed by atoms with van der Waals surface area (Å²) in [6.07, 6.45) is 1.51. The lowest BCUT2D eigenvalue weighted by Gasteiger charge is -2.55. The van der Waals surface area contributed by atoms with Crippen LogP contribution >= 0.6 is 11.6 Å². The van der Waals surface area contributed by atoms with Gasteiger partial charge in [-0.25, -0.2) is 0 Å². The lowest BCUT2D eigenvalue weighted by Crippen LogP contribution is -2.68. The smallest absolute Gasteiger partial charge is 0.191 e. The van der Waals surface area contributed by atoms with Gasteiger partial charge in [0.05, 0.1) is 12.1 Å². The fourth-order valence-corrected chi connectivity index (χ4v) is 4.20. The van der Waals surface area contributed by atoms with Crippen LogP contribution < -0.4 is 10.6 Å². The van der Waals surface area contributed by atoms with E-state index in [2.05, 4.69) is 42.5 Å². The molecule has 1 heterocycles. The summed E-state index contributed by atoms with van der Waals surface area (Å²) in [6, 6.07) is 8.46. The fraction of sp³-hybridized carbons (Fsp3) is 0.611. The van der Waals surface area contributed by atoms with Crippen LogP contribution in [0.1, 0.15) is 38.8 Å². The number of benzene rings is 1. The SMILES string of the molecule is CN=C(NC(C)c1cccc(Cl)c1)NC1C2CCOC2C1(C)C.